The number of carbonyl (C=O) groups is 1. The highest BCUT2D eigenvalue weighted by Crippen LogP contribution is 2.23. The van der Waals surface area contributed by atoms with Gasteiger partial charge in [0.05, 0.1) is 0 Å². The van der Waals surface area contributed by atoms with Crippen LogP contribution in [0.5, 0.6) is 5.75 Å². The molecule has 0 saturated carbocycles. The molecule has 0 aliphatic carbocycles. The molecule has 18 heavy (non-hydrogen) atoms. The quantitative estimate of drug-likeness (QED) is 0.721. The Morgan fingerprint density at radius 3 is 2.56 bits per heavy atom. The van der Waals surface area contributed by atoms with Crippen LogP contribution in [-0.2, 0) is 0 Å². The van der Waals surface area contributed by atoms with E-state index in [1.165, 1.54) is 6.07 Å². The minimum atomic E-state index is -0.175. The van der Waals surface area contributed by atoms with Gasteiger partial charge in [-0.3, -0.25) is 4.79 Å². The highest BCUT2D eigenvalue weighted by Gasteiger charge is 2.25. The van der Waals surface area contributed by atoms with Crippen LogP contribution in [0.2, 0.25) is 0 Å². The minimum absolute atomic E-state index is 0.0352. The summed E-state index contributed by atoms with van der Waals surface area (Å²) in [6.07, 6.45) is 1.86. The zero-order valence-electron chi connectivity index (χ0n) is 11.1. The fourth-order valence-electron chi connectivity index (χ4n) is 1.88. The summed E-state index contributed by atoms with van der Waals surface area (Å²) < 4.78 is 0. The molecular weight excluding hydrogens is 228 g/mol. The van der Waals surface area contributed by atoms with Crippen molar-refractivity contribution < 1.29 is 9.90 Å². The second kappa shape index (κ2) is 6.40. The summed E-state index contributed by atoms with van der Waals surface area (Å²) in [6.45, 7) is 5.28. The number of amides is 1. The van der Waals surface area contributed by atoms with Crippen molar-refractivity contribution in [2.24, 2.45) is 11.1 Å². The highest BCUT2D eigenvalue weighted by molar-refractivity contribution is 5.94. The third kappa shape index (κ3) is 3.47. The van der Waals surface area contributed by atoms with Crippen LogP contribution in [0.25, 0.3) is 0 Å². The Hall–Kier alpha value is -1.55. The van der Waals surface area contributed by atoms with Gasteiger partial charge in [-0.05, 0) is 43.0 Å². The Morgan fingerprint density at radius 1 is 1.39 bits per heavy atom. The molecule has 4 nitrogen and oxygen atoms in total. The molecule has 4 N–H and O–H groups in total. The second-order valence-electron chi connectivity index (χ2n) is 4.64. The number of carbonyl (C=O) groups excluding carboxylic acids is 1. The lowest BCUT2D eigenvalue weighted by molar-refractivity contribution is 0.0927. The van der Waals surface area contributed by atoms with Gasteiger partial charge in [0.15, 0.2) is 0 Å². The monoisotopic (exact) mass is 250 g/mol. The predicted molar refractivity (Wildman–Crippen MR) is 72.5 cm³/mol. The van der Waals surface area contributed by atoms with E-state index in [-0.39, 0.29) is 17.1 Å². The molecule has 0 radical (unpaired) electrons. The Bertz CT molecular complexity index is 392. The summed E-state index contributed by atoms with van der Waals surface area (Å²) in [6, 6.07) is 6.33. The summed E-state index contributed by atoms with van der Waals surface area (Å²) in [4.78, 5) is 11.9. The average Bonchev–Trinajstić information content (AvgIpc) is 2.40. The van der Waals surface area contributed by atoms with Crippen molar-refractivity contribution in [3.05, 3.63) is 29.8 Å². The zero-order chi connectivity index (χ0) is 13.6. The van der Waals surface area contributed by atoms with Crippen LogP contribution in [0, 0.1) is 5.41 Å². The van der Waals surface area contributed by atoms with Gasteiger partial charge in [-0.25, -0.2) is 0 Å². The normalized spacial score (nSPS) is 11.3. The molecule has 1 aromatic carbocycles. The molecule has 0 heterocycles. The van der Waals surface area contributed by atoms with Crippen molar-refractivity contribution >= 4 is 5.91 Å². The molecule has 0 fully saturated rings. The van der Waals surface area contributed by atoms with E-state index in [0.29, 0.717) is 18.7 Å². The Labute approximate surface area is 108 Å². The van der Waals surface area contributed by atoms with Crippen molar-refractivity contribution in [2.45, 2.75) is 26.7 Å². The topological polar surface area (TPSA) is 75.3 Å². The predicted octanol–water partition coefficient (Wildman–Crippen LogP) is 1.89. The molecule has 0 aliphatic rings. The number of benzene rings is 1. The van der Waals surface area contributed by atoms with Gasteiger partial charge in [-0.15, -0.1) is 0 Å². The molecule has 0 saturated heterocycles. The van der Waals surface area contributed by atoms with Gasteiger partial charge < -0.3 is 16.2 Å². The van der Waals surface area contributed by atoms with Crippen LogP contribution >= 0.6 is 0 Å². The van der Waals surface area contributed by atoms with Gasteiger partial charge in [-0.2, -0.15) is 0 Å². The zero-order valence-corrected chi connectivity index (χ0v) is 11.1. The molecular formula is C14H22N2O2. The van der Waals surface area contributed by atoms with Gasteiger partial charge in [0.25, 0.3) is 5.91 Å². The second-order valence-corrected chi connectivity index (χ2v) is 4.64. The van der Waals surface area contributed by atoms with Gasteiger partial charge in [0.1, 0.15) is 5.75 Å². The Morgan fingerprint density at radius 2 is 2.06 bits per heavy atom. The molecule has 1 aromatic rings. The Balaban J connectivity index is 2.66. The van der Waals surface area contributed by atoms with Crippen LogP contribution in [0.15, 0.2) is 24.3 Å². The smallest absolute Gasteiger partial charge is 0.251 e. The van der Waals surface area contributed by atoms with Gasteiger partial charge in [0.2, 0.25) is 0 Å². The summed E-state index contributed by atoms with van der Waals surface area (Å²) in [5.74, 6) is -0.0793. The highest BCUT2D eigenvalue weighted by atomic mass is 16.3. The lowest BCUT2D eigenvalue weighted by Gasteiger charge is -2.30. The van der Waals surface area contributed by atoms with Crippen LogP contribution < -0.4 is 11.1 Å². The molecule has 0 aromatic heterocycles. The van der Waals surface area contributed by atoms with Crippen LogP contribution in [-0.4, -0.2) is 24.1 Å². The molecule has 0 spiro atoms. The number of aromatic hydroxyl groups is 1. The van der Waals surface area contributed by atoms with E-state index in [4.69, 9.17) is 5.73 Å². The fraction of sp³-hybridized carbons (Fsp3) is 0.500. The first-order chi connectivity index (χ1) is 8.56. The molecule has 0 bridgehead atoms. The standard InChI is InChI=1S/C14H22N2O2/c1-3-14(4-2,9-15)10-16-13(18)11-6-5-7-12(17)8-11/h5-8,17H,3-4,9-10,15H2,1-2H3,(H,16,18). The van der Waals surface area contributed by atoms with Gasteiger partial charge >= 0.3 is 0 Å². The van der Waals surface area contributed by atoms with Crippen molar-refractivity contribution in [3.8, 4) is 5.75 Å². The number of hydrogen-bond donors (Lipinski definition) is 3. The van der Waals surface area contributed by atoms with E-state index in [1.807, 2.05) is 0 Å². The third-order valence-electron chi connectivity index (χ3n) is 3.67. The van der Waals surface area contributed by atoms with Crippen LogP contribution in [0.3, 0.4) is 0 Å². The van der Waals surface area contributed by atoms with E-state index < -0.39 is 0 Å². The SMILES string of the molecule is CCC(CC)(CN)CNC(=O)c1cccc(O)c1. The number of rotatable bonds is 6. The summed E-state index contributed by atoms with van der Waals surface area (Å²) in [5.41, 5.74) is 6.22. The average molecular weight is 250 g/mol. The molecule has 4 heteroatoms. The van der Waals surface area contributed by atoms with E-state index in [2.05, 4.69) is 19.2 Å². The van der Waals surface area contributed by atoms with E-state index >= 15 is 0 Å². The van der Waals surface area contributed by atoms with Gasteiger partial charge in [0, 0.05) is 12.1 Å². The first kappa shape index (κ1) is 14.5. The number of hydrogen-bond acceptors (Lipinski definition) is 3. The maximum atomic E-state index is 11.9. The number of phenolic OH excluding ortho intramolecular Hbond substituents is 1. The largest absolute Gasteiger partial charge is 0.508 e. The molecule has 0 atom stereocenters. The van der Waals surface area contributed by atoms with Crippen molar-refractivity contribution in [3.63, 3.8) is 0 Å². The minimum Gasteiger partial charge on any atom is -0.508 e. The third-order valence-corrected chi connectivity index (χ3v) is 3.67. The summed E-state index contributed by atoms with van der Waals surface area (Å²) >= 11 is 0. The number of nitrogens with two attached hydrogens (primary N) is 1. The van der Waals surface area contributed by atoms with Crippen molar-refractivity contribution in [1.29, 1.82) is 0 Å². The van der Waals surface area contributed by atoms with Crippen molar-refractivity contribution in [1.82, 2.24) is 5.32 Å². The molecule has 1 rings (SSSR count). The molecule has 0 unspecified atom stereocenters. The lowest BCUT2D eigenvalue weighted by atomic mass is 9.82. The van der Waals surface area contributed by atoms with E-state index in [1.54, 1.807) is 18.2 Å². The number of phenols is 1. The molecule has 0 aliphatic heterocycles. The first-order valence-electron chi connectivity index (χ1n) is 6.34. The fourth-order valence-corrected chi connectivity index (χ4v) is 1.88. The summed E-state index contributed by atoms with van der Waals surface area (Å²) in [7, 11) is 0. The Kier molecular flexibility index (Phi) is 5.16. The first-order valence-corrected chi connectivity index (χ1v) is 6.34. The number of nitrogens with one attached hydrogen (secondary N) is 1. The van der Waals surface area contributed by atoms with Crippen LogP contribution in [0.4, 0.5) is 0 Å². The maximum absolute atomic E-state index is 11.9. The molecule has 100 valence electrons. The van der Waals surface area contributed by atoms with Gasteiger partial charge in [-0.1, -0.05) is 19.9 Å². The molecule has 1 amide bonds. The lowest BCUT2D eigenvalue weighted by Crippen LogP contribution is -2.41. The maximum Gasteiger partial charge on any atom is 0.251 e. The van der Waals surface area contributed by atoms with E-state index in [0.717, 1.165) is 12.8 Å². The summed E-state index contributed by atoms with van der Waals surface area (Å²) in [5, 5.41) is 12.2. The van der Waals surface area contributed by atoms with E-state index in [9.17, 15) is 9.90 Å². The van der Waals surface area contributed by atoms with Crippen molar-refractivity contribution in [2.75, 3.05) is 13.1 Å². The van der Waals surface area contributed by atoms with Crippen LogP contribution in [0.1, 0.15) is 37.0 Å².